The van der Waals surface area contributed by atoms with Crippen LogP contribution in [0.15, 0.2) is 48.0 Å². The SMILES string of the molecule is C[C@@H]1CC2=C(Cc3ccccc32)[C@@H](c2ccc(F)c(OCCNCCCF)c2)N1CC(F)(F)F. The monoisotopic (exact) mass is 480 g/mol. The largest absolute Gasteiger partial charge is 0.489 e. The first-order valence-corrected chi connectivity index (χ1v) is 11.6. The molecule has 184 valence electrons. The first-order valence-electron chi connectivity index (χ1n) is 11.6. The number of fused-ring (bicyclic) bond motifs is 2. The molecule has 0 fully saturated rings. The number of nitrogens with one attached hydrogen (secondary N) is 1. The van der Waals surface area contributed by atoms with Crippen LogP contribution in [0.3, 0.4) is 0 Å². The van der Waals surface area contributed by atoms with Crippen molar-refractivity contribution >= 4 is 5.57 Å². The van der Waals surface area contributed by atoms with Gasteiger partial charge in [0.25, 0.3) is 0 Å². The van der Waals surface area contributed by atoms with Gasteiger partial charge in [-0.05, 0) is 72.7 Å². The van der Waals surface area contributed by atoms with E-state index in [0.717, 1.165) is 22.3 Å². The van der Waals surface area contributed by atoms with Crippen molar-refractivity contribution in [3.63, 3.8) is 0 Å². The van der Waals surface area contributed by atoms with Gasteiger partial charge in [0.2, 0.25) is 0 Å². The summed E-state index contributed by atoms with van der Waals surface area (Å²) in [6.45, 7) is 1.42. The third-order valence-electron chi connectivity index (χ3n) is 6.49. The zero-order valence-corrected chi connectivity index (χ0v) is 19.1. The standard InChI is InChI=1S/C26H29F5N2O/c1-17-13-21-20-6-3-2-5-18(20)14-22(21)25(33(17)16-26(29,30)31)19-7-8-23(28)24(15-19)34-12-11-32-10-4-9-27/h2-3,5-8,15,17,25,32H,4,9-14,16H2,1H3/t17-,25-/m1/s1. The summed E-state index contributed by atoms with van der Waals surface area (Å²) in [5, 5.41) is 3.00. The van der Waals surface area contributed by atoms with Crippen molar-refractivity contribution < 1.29 is 26.7 Å². The number of benzene rings is 2. The Labute approximate surface area is 196 Å². The average molecular weight is 481 g/mol. The lowest BCUT2D eigenvalue weighted by molar-refractivity contribution is -0.155. The molecule has 1 aliphatic heterocycles. The number of ether oxygens (including phenoxy) is 1. The number of rotatable bonds is 9. The number of halogens is 5. The molecule has 2 atom stereocenters. The molecule has 1 N–H and O–H groups in total. The fourth-order valence-corrected chi connectivity index (χ4v) is 5.02. The van der Waals surface area contributed by atoms with Crippen molar-refractivity contribution in [3.05, 3.63) is 70.5 Å². The predicted octanol–water partition coefficient (Wildman–Crippen LogP) is 5.86. The van der Waals surface area contributed by atoms with Gasteiger partial charge in [-0.1, -0.05) is 30.3 Å². The first-order chi connectivity index (χ1) is 16.3. The Bertz CT molecular complexity index is 1040. The maximum Gasteiger partial charge on any atom is 0.401 e. The molecular formula is C26H29F5N2O. The molecule has 34 heavy (non-hydrogen) atoms. The molecule has 2 aliphatic rings. The van der Waals surface area contributed by atoms with Crippen LogP contribution in [-0.4, -0.2) is 50.0 Å². The number of hydrogen-bond acceptors (Lipinski definition) is 3. The van der Waals surface area contributed by atoms with Crippen LogP contribution in [0, 0.1) is 5.82 Å². The first kappa shape index (κ1) is 24.7. The molecule has 3 nitrogen and oxygen atoms in total. The highest BCUT2D eigenvalue weighted by Gasteiger charge is 2.43. The van der Waals surface area contributed by atoms with Crippen molar-refractivity contribution in [1.82, 2.24) is 10.2 Å². The molecule has 0 saturated heterocycles. The second kappa shape index (κ2) is 10.4. The number of alkyl halides is 4. The van der Waals surface area contributed by atoms with Crippen LogP contribution in [0.2, 0.25) is 0 Å². The highest BCUT2D eigenvalue weighted by molar-refractivity contribution is 5.79. The Morgan fingerprint density at radius 1 is 1.12 bits per heavy atom. The van der Waals surface area contributed by atoms with Crippen LogP contribution in [0.5, 0.6) is 5.75 Å². The van der Waals surface area contributed by atoms with Gasteiger partial charge in [-0.25, -0.2) is 4.39 Å². The van der Waals surface area contributed by atoms with Gasteiger partial charge < -0.3 is 10.1 Å². The summed E-state index contributed by atoms with van der Waals surface area (Å²) in [7, 11) is 0. The van der Waals surface area contributed by atoms with Crippen molar-refractivity contribution in [2.75, 3.05) is 32.9 Å². The smallest absolute Gasteiger partial charge is 0.401 e. The summed E-state index contributed by atoms with van der Waals surface area (Å²) in [5.74, 6) is -0.560. The van der Waals surface area contributed by atoms with Gasteiger partial charge in [0.15, 0.2) is 11.6 Å². The fraction of sp³-hybridized carbons (Fsp3) is 0.462. The Morgan fingerprint density at radius 3 is 2.68 bits per heavy atom. The van der Waals surface area contributed by atoms with E-state index in [-0.39, 0.29) is 18.4 Å². The molecule has 0 amide bonds. The quantitative estimate of drug-likeness (QED) is 0.359. The normalized spacial score (nSPS) is 20.4. The maximum absolute atomic E-state index is 14.5. The molecule has 4 rings (SSSR count). The summed E-state index contributed by atoms with van der Waals surface area (Å²) in [6.07, 6.45) is -2.86. The highest BCUT2D eigenvalue weighted by Crippen LogP contribution is 2.49. The molecule has 0 spiro atoms. The molecule has 0 radical (unpaired) electrons. The minimum Gasteiger partial charge on any atom is -0.489 e. The van der Waals surface area contributed by atoms with Gasteiger partial charge in [-0.2, -0.15) is 13.2 Å². The Morgan fingerprint density at radius 2 is 1.91 bits per heavy atom. The molecule has 0 aromatic heterocycles. The van der Waals surface area contributed by atoms with Gasteiger partial charge in [0.05, 0.1) is 19.3 Å². The van der Waals surface area contributed by atoms with E-state index in [9.17, 15) is 22.0 Å². The Balaban J connectivity index is 1.64. The van der Waals surface area contributed by atoms with E-state index in [1.807, 2.05) is 31.2 Å². The van der Waals surface area contributed by atoms with Crippen molar-refractivity contribution in [2.45, 2.75) is 44.4 Å². The summed E-state index contributed by atoms with van der Waals surface area (Å²) < 4.78 is 73.0. The predicted molar refractivity (Wildman–Crippen MR) is 122 cm³/mol. The number of hydrogen-bond donors (Lipinski definition) is 1. The number of nitrogens with zero attached hydrogens (tertiary/aromatic N) is 1. The second-order valence-corrected chi connectivity index (χ2v) is 8.91. The second-order valence-electron chi connectivity index (χ2n) is 8.91. The van der Waals surface area contributed by atoms with Crippen molar-refractivity contribution in [2.24, 2.45) is 0 Å². The molecule has 1 heterocycles. The van der Waals surface area contributed by atoms with E-state index in [1.165, 1.54) is 17.0 Å². The molecule has 8 heteroatoms. The average Bonchev–Trinajstić information content (AvgIpc) is 3.15. The lowest BCUT2D eigenvalue weighted by atomic mass is 9.85. The van der Waals surface area contributed by atoms with E-state index in [4.69, 9.17) is 4.74 Å². The topological polar surface area (TPSA) is 24.5 Å². The minimum absolute atomic E-state index is 0.00707. The van der Waals surface area contributed by atoms with Gasteiger partial charge in [0, 0.05) is 12.6 Å². The molecule has 0 unspecified atom stereocenters. The van der Waals surface area contributed by atoms with E-state index < -0.39 is 31.3 Å². The summed E-state index contributed by atoms with van der Waals surface area (Å²) in [5.41, 5.74) is 4.82. The Hall–Kier alpha value is -2.45. The van der Waals surface area contributed by atoms with E-state index in [1.54, 1.807) is 6.07 Å². The fourth-order valence-electron chi connectivity index (χ4n) is 5.02. The molecular weight excluding hydrogens is 451 g/mol. The van der Waals surface area contributed by atoms with Crippen LogP contribution < -0.4 is 10.1 Å². The van der Waals surface area contributed by atoms with Crippen molar-refractivity contribution in [3.8, 4) is 5.75 Å². The third kappa shape index (κ3) is 5.44. The third-order valence-corrected chi connectivity index (χ3v) is 6.49. The van der Waals surface area contributed by atoms with Crippen LogP contribution in [0.25, 0.3) is 5.57 Å². The highest BCUT2D eigenvalue weighted by atomic mass is 19.4. The van der Waals surface area contributed by atoms with Crippen LogP contribution in [-0.2, 0) is 6.42 Å². The van der Waals surface area contributed by atoms with Gasteiger partial charge in [0.1, 0.15) is 6.61 Å². The van der Waals surface area contributed by atoms with Crippen LogP contribution in [0.4, 0.5) is 22.0 Å². The molecule has 1 aliphatic carbocycles. The zero-order valence-electron chi connectivity index (χ0n) is 19.1. The van der Waals surface area contributed by atoms with E-state index in [2.05, 4.69) is 5.32 Å². The lowest BCUT2D eigenvalue weighted by Gasteiger charge is -2.42. The van der Waals surface area contributed by atoms with E-state index in [0.29, 0.717) is 37.9 Å². The van der Waals surface area contributed by atoms with Crippen LogP contribution >= 0.6 is 0 Å². The van der Waals surface area contributed by atoms with E-state index >= 15 is 0 Å². The molecule has 0 bridgehead atoms. The molecule has 2 aromatic carbocycles. The summed E-state index contributed by atoms with van der Waals surface area (Å²) >= 11 is 0. The van der Waals surface area contributed by atoms with Crippen LogP contribution in [0.1, 0.15) is 42.5 Å². The van der Waals surface area contributed by atoms with Gasteiger partial charge in [-0.3, -0.25) is 9.29 Å². The van der Waals surface area contributed by atoms with Gasteiger partial charge >= 0.3 is 6.18 Å². The molecule has 2 aromatic rings. The minimum atomic E-state index is -4.36. The Kier molecular flexibility index (Phi) is 7.57. The van der Waals surface area contributed by atoms with Crippen molar-refractivity contribution in [1.29, 1.82) is 0 Å². The summed E-state index contributed by atoms with van der Waals surface area (Å²) in [6, 6.07) is 11.3. The maximum atomic E-state index is 14.5. The van der Waals surface area contributed by atoms with Gasteiger partial charge in [-0.15, -0.1) is 0 Å². The summed E-state index contributed by atoms with van der Waals surface area (Å²) in [4.78, 5) is 1.47. The molecule has 0 saturated carbocycles. The lowest BCUT2D eigenvalue weighted by Crippen LogP contribution is -2.45. The zero-order chi connectivity index (χ0) is 24.3.